The van der Waals surface area contributed by atoms with E-state index < -0.39 is 0 Å². The molecule has 0 aromatic rings. The van der Waals surface area contributed by atoms with E-state index in [9.17, 15) is 5.26 Å². The Morgan fingerprint density at radius 3 is 2.25 bits per heavy atom. The van der Waals surface area contributed by atoms with Crippen LogP contribution in [0.3, 0.4) is 0 Å². The summed E-state index contributed by atoms with van der Waals surface area (Å²) in [6, 6.07) is 2.72. The molecule has 20 heavy (non-hydrogen) atoms. The van der Waals surface area contributed by atoms with E-state index in [0.717, 1.165) is 44.9 Å². The van der Waals surface area contributed by atoms with Crippen LogP contribution in [0.5, 0.6) is 0 Å². The van der Waals surface area contributed by atoms with Gasteiger partial charge in [-0.2, -0.15) is 5.26 Å². The van der Waals surface area contributed by atoms with Crippen LogP contribution in [0.4, 0.5) is 0 Å². The van der Waals surface area contributed by atoms with Crippen molar-refractivity contribution in [1.29, 1.82) is 5.26 Å². The van der Waals surface area contributed by atoms with Crippen LogP contribution in [0, 0.1) is 22.7 Å². The molecular weight excluding hydrogens is 246 g/mol. The quantitative estimate of drug-likeness (QED) is 0.690. The van der Waals surface area contributed by atoms with E-state index in [4.69, 9.17) is 0 Å². The third kappa shape index (κ3) is 3.35. The fraction of sp³-hybridized carbons (Fsp3) is 0.941. The topological polar surface area (TPSA) is 30.3 Å². The van der Waals surface area contributed by atoms with Crippen molar-refractivity contribution in [2.45, 2.75) is 58.4 Å². The van der Waals surface area contributed by atoms with Crippen molar-refractivity contribution < 1.29 is 0 Å². The number of nitriles is 1. The summed E-state index contributed by atoms with van der Waals surface area (Å²) >= 11 is 0. The van der Waals surface area contributed by atoms with Crippen molar-refractivity contribution in [2.75, 3.05) is 33.2 Å². The van der Waals surface area contributed by atoms with Gasteiger partial charge in [0.1, 0.15) is 5.54 Å². The molecule has 0 aromatic carbocycles. The second-order valence-corrected chi connectivity index (χ2v) is 7.93. The average molecular weight is 277 g/mol. The number of piperazine rings is 1. The molecule has 3 heteroatoms. The maximum atomic E-state index is 9.87. The smallest absolute Gasteiger partial charge is 0.109 e. The van der Waals surface area contributed by atoms with E-state index in [0.29, 0.717) is 5.41 Å². The van der Waals surface area contributed by atoms with Gasteiger partial charge in [0.15, 0.2) is 0 Å². The first-order valence-corrected chi connectivity index (χ1v) is 8.22. The van der Waals surface area contributed by atoms with Gasteiger partial charge >= 0.3 is 0 Å². The van der Waals surface area contributed by atoms with E-state index in [1.807, 2.05) is 0 Å². The summed E-state index contributed by atoms with van der Waals surface area (Å²) in [5.41, 5.74) is 0.203. The molecular formula is C17H31N3. The summed E-state index contributed by atoms with van der Waals surface area (Å²) in [5, 5.41) is 9.87. The van der Waals surface area contributed by atoms with E-state index in [1.165, 1.54) is 19.3 Å². The summed E-state index contributed by atoms with van der Waals surface area (Å²) in [4.78, 5) is 4.86. The third-order valence-electron chi connectivity index (χ3n) is 5.59. The molecule has 0 bridgehead atoms. The van der Waals surface area contributed by atoms with Crippen LogP contribution in [0.2, 0.25) is 0 Å². The van der Waals surface area contributed by atoms with Crippen molar-refractivity contribution in [1.82, 2.24) is 9.80 Å². The first-order chi connectivity index (χ1) is 9.37. The van der Waals surface area contributed by atoms with E-state index in [-0.39, 0.29) is 5.54 Å². The number of nitrogens with zero attached hydrogens (tertiary/aromatic N) is 3. The Labute approximate surface area is 124 Å². The van der Waals surface area contributed by atoms with Crippen LogP contribution in [-0.2, 0) is 0 Å². The Hall–Kier alpha value is -0.590. The Bertz CT molecular complexity index is 357. The molecule has 2 unspecified atom stereocenters. The predicted octanol–water partition coefficient (Wildman–Crippen LogP) is 3.12. The van der Waals surface area contributed by atoms with Gasteiger partial charge in [-0.3, -0.25) is 4.90 Å². The SMILES string of the molecule is CN1CCN(C2(C#N)CCCC(C(C)(C)C)CC2)CC1. The standard InChI is InChI=1S/C17H31N3/c1-16(2,3)15-6-5-8-17(14-18,9-7-15)20-12-10-19(4)11-13-20/h15H,5-13H2,1-4H3. The lowest BCUT2D eigenvalue weighted by Gasteiger charge is -2.43. The van der Waals surface area contributed by atoms with Gasteiger partial charge in [-0.25, -0.2) is 0 Å². The van der Waals surface area contributed by atoms with Crippen molar-refractivity contribution in [3.63, 3.8) is 0 Å². The summed E-state index contributed by atoms with van der Waals surface area (Å²) in [5.74, 6) is 0.769. The molecule has 2 fully saturated rings. The van der Waals surface area contributed by atoms with Crippen molar-refractivity contribution in [3.8, 4) is 6.07 Å². The highest BCUT2D eigenvalue weighted by atomic mass is 15.3. The molecule has 1 aliphatic carbocycles. The average Bonchev–Trinajstić information content (AvgIpc) is 2.62. The van der Waals surface area contributed by atoms with Gasteiger partial charge in [0.2, 0.25) is 0 Å². The normalized spacial score (nSPS) is 34.5. The Morgan fingerprint density at radius 2 is 1.70 bits per heavy atom. The number of rotatable bonds is 1. The minimum atomic E-state index is -0.179. The van der Waals surface area contributed by atoms with Crippen molar-refractivity contribution in [3.05, 3.63) is 0 Å². The van der Waals surface area contributed by atoms with Crippen LogP contribution in [0.25, 0.3) is 0 Å². The lowest BCUT2D eigenvalue weighted by atomic mass is 9.76. The fourth-order valence-corrected chi connectivity index (χ4v) is 3.92. The lowest BCUT2D eigenvalue weighted by Crippen LogP contribution is -2.55. The van der Waals surface area contributed by atoms with Crippen LogP contribution in [0.1, 0.15) is 52.9 Å². The maximum absolute atomic E-state index is 9.87. The van der Waals surface area contributed by atoms with Crippen LogP contribution >= 0.6 is 0 Å². The zero-order valence-electron chi connectivity index (χ0n) is 13.8. The predicted molar refractivity (Wildman–Crippen MR) is 83.4 cm³/mol. The van der Waals surface area contributed by atoms with Gasteiger partial charge in [-0.05, 0) is 44.1 Å². The molecule has 3 nitrogen and oxygen atoms in total. The summed E-state index contributed by atoms with van der Waals surface area (Å²) in [7, 11) is 2.18. The van der Waals surface area contributed by atoms with E-state index >= 15 is 0 Å². The lowest BCUT2D eigenvalue weighted by molar-refractivity contribution is 0.0617. The molecule has 0 amide bonds. The first-order valence-electron chi connectivity index (χ1n) is 8.22. The van der Waals surface area contributed by atoms with Gasteiger partial charge in [-0.1, -0.05) is 27.2 Å². The monoisotopic (exact) mass is 277 g/mol. The minimum absolute atomic E-state index is 0.179. The molecule has 114 valence electrons. The summed E-state index contributed by atoms with van der Waals surface area (Å²) in [6.45, 7) is 11.4. The molecule has 1 heterocycles. The van der Waals surface area contributed by atoms with Gasteiger partial charge in [-0.15, -0.1) is 0 Å². The second kappa shape index (κ2) is 6.03. The van der Waals surface area contributed by atoms with Crippen LogP contribution in [-0.4, -0.2) is 48.6 Å². The van der Waals surface area contributed by atoms with Gasteiger partial charge in [0, 0.05) is 26.2 Å². The highest BCUT2D eigenvalue weighted by Crippen LogP contribution is 2.41. The minimum Gasteiger partial charge on any atom is -0.304 e. The van der Waals surface area contributed by atoms with Crippen molar-refractivity contribution in [2.24, 2.45) is 11.3 Å². The van der Waals surface area contributed by atoms with Gasteiger partial charge in [0.25, 0.3) is 0 Å². The Morgan fingerprint density at radius 1 is 1.05 bits per heavy atom. The molecule has 2 aliphatic rings. The summed E-state index contributed by atoms with van der Waals surface area (Å²) < 4.78 is 0. The van der Waals surface area contributed by atoms with E-state index in [1.54, 1.807) is 0 Å². The van der Waals surface area contributed by atoms with Gasteiger partial charge < -0.3 is 4.90 Å². The zero-order chi connectivity index (χ0) is 14.8. The first kappa shape index (κ1) is 15.8. The maximum Gasteiger partial charge on any atom is 0.109 e. The Balaban J connectivity index is 2.06. The molecule has 1 saturated heterocycles. The molecule has 1 saturated carbocycles. The molecule has 0 N–H and O–H groups in total. The number of hydrogen-bond acceptors (Lipinski definition) is 3. The summed E-state index contributed by atoms with van der Waals surface area (Å²) in [6.07, 6.45) is 5.85. The number of likely N-dealkylation sites (N-methyl/N-ethyl adjacent to an activating group) is 1. The van der Waals surface area contributed by atoms with E-state index in [2.05, 4.69) is 43.7 Å². The molecule has 0 radical (unpaired) electrons. The van der Waals surface area contributed by atoms with Crippen LogP contribution in [0.15, 0.2) is 0 Å². The second-order valence-electron chi connectivity index (χ2n) is 7.93. The number of hydrogen-bond donors (Lipinski definition) is 0. The Kier molecular flexibility index (Phi) is 4.76. The molecule has 1 aliphatic heterocycles. The fourth-order valence-electron chi connectivity index (χ4n) is 3.92. The highest BCUT2D eigenvalue weighted by molar-refractivity contribution is 5.10. The molecule has 2 atom stereocenters. The van der Waals surface area contributed by atoms with Crippen molar-refractivity contribution >= 4 is 0 Å². The zero-order valence-corrected chi connectivity index (χ0v) is 13.8. The van der Waals surface area contributed by atoms with Gasteiger partial charge in [0.05, 0.1) is 6.07 Å². The molecule has 0 spiro atoms. The third-order valence-corrected chi connectivity index (χ3v) is 5.59. The van der Waals surface area contributed by atoms with Crippen LogP contribution < -0.4 is 0 Å². The largest absolute Gasteiger partial charge is 0.304 e. The molecule has 0 aromatic heterocycles. The highest BCUT2D eigenvalue weighted by Gasteiger charge is 2.41. The molecule has 2 rings (SSSR count).